The van der Waals surface area contributed by atoms with Crippen LogP contribution in [0.1, 0.15) is 43.7 Å². The van der Waals surface area contributed by atoms with Crippen LogP contribution in [0.5, 0.6) is 5.75 Å². The summed E-state index contributed by atoms with van der Waals surface area (Å²) in [5.41, 5.74) is 2.20. The number of nitrogens with one attached hydrogen (secondary N) is 1. The first-order valence-corrected chi connectivity index (χ1v) is 9.71. The van der Waals surface area contributed by atoms with Crippen molar-refractivity contribution in [2.24, 2.45) is 0 Å². The minimum atomic E-state index is 0.539. The molecule has 134 valence electrons. The molecule has 2 fully saturated rings. The van der Waals surface area contributed by atoms with Gasteiger partial charge >= 0.3 is 0 Å². The molecule has 5 nitrogen and oxygen atoms in total. The van der Waals surface area contributed by atoms with Crippen LogP contribution in [0.25, 0.3) is 10.9 Å². The van der Waals surface area contributed by atoms with Crippen molar-refractivity contribution in [2.75, 3.05) is 39.3 Å². The Bertz CT molecular complexity index is 693. The molecule has 2 saturated heterocycles. The van der Waals surface area contributed by atoms with E-state index in [-0.39, 0.29) is 0 Å². The van der Waals surface area contributed by atoms with Crippen molar-refractivity contribution in [1.29, 1.82) is 0 Å². The van der Waals surface area contributed by atoms with Crippen molar-refractivity contribution < 1.29 is 4.74 Å². The normalized spacial score (nSPS) is 20.0. The Hall–Kier alpha value is -1.72. The van der Waals surface area contributed by atoms with Crippen molar-refractivity contribution in [3.8, 4) is 5.75 Å². The number of benzene rings is 1. The second kappa shape index (κ2) is 8.11. The van der Waals surface area contributed by atoms with Crippen LogP contribution in [-0.4, -0.2) is 54.2 Å². The average molecular weight is 340 g/mol. The number of aromatic nitrogens is 2. The van der Waals surface area contributed by atoms with Crippen LogP contribution in [0.4, 0.5) is 0 Å². The smallest absolute Gasteiger partial charge is 0.121 e. The molecule has 0 atom stereocenters. The Balaban J connectivity index is 1.43. The van der Waals surface area contributed by atoms with E-state index in [1.54, 1.807) is 6.33 Å². The monoisotopic (exact) mass is 340 g/mol. The molecule has 5 heteroatoms. The zero-order valence-corrected chi connectivity index (χ0v) is 14.9. The quantitative estimate of drug-likeness (QED) is 0.907. The Morgan fingerprint density at radius 2 is 1.92 bits per heavy atom. The molecule has 2 aliphatic rings. The van der Waals surface area contributed by atoms with Crippen molar-refractivity contribution >= 4 is 10.9 Å². The molecule has 0 saturated carbocycles. The Morgan fingerprint density at radius 3 is 2.76 bits per heavy atom. The maximum atomic E-state index is 5.99. The lowest BCUT2D eigenvalue weighted by atomic mass is 9.92. The molecule has 1 aromatic heterocycles. The first-order valence-electron chi connectivity index (χ1n) is 9.71. The number of ether oxygens (including phenoxy) is 1. The van der Waals surface area contributed by atoms with E-state index in [0.717, 1.165) is 50.3 Å². The van der Waals surface area contributed by atoms with Crippen LogP contribution in [0.2, 0.25) is 0 Å². The van der Waals surface area contributed by atoms with Gasteiger partial charge in [-0.15, -0.1) is 0 Å². The molecule has 1 N–H and O–H groups in total. The fourth-order valence-corrected chi connectivity index (χ4v) is 4.04. The topological polar surface area (TPSA) is 50.3 Å². The number of nitrogens with zero attached hydrogens (tertiary/aromatic N) is 3. The van der Waals surface area contributed by atoms with Gasteiger partial charge in [0.1, 0.15) is 18.7 Å². The van der Waals surface area contributed by atoms with Crippen molar-refractivity contribution in [3.63, 3.8) is 0 Å². The highest BCUT2D eigenvalue weighted by molar-refractivity contribution is 5.82. The van der Waals surface area contributed by atoms with Gasteiger partial charge in [0.2, 0.25) is 0 Å². The lowest BCUT2D eigenvalue weighted by molar-refractivity contribution is 0.183. The molecule has 3 heterocycles. The fraction of sp³-hybridized carbons (Fsp3) is 0.600. The van der Waals surface area contributed by atoms with Gasteiger partial charge in [-0.3, -0.25) is 4.90 Å². The molecular formula is C20H28N4O. The van der Waals surface area contributed by atoms with Crippen LogP contribution in [0.15, 0.2) is 24.5 Å². The molecule has 0 amide bonds. The van der Waals surface area contributed by atoms with Crippen molar-refractivity contribution in [2.45, 2.75) is 38.0 Å². The van der Waals surface area contributed by atoms with Gasteiger partial charge in [-0.2, -0.15) is 0 Å². The van der Waals surface area contributed by atoms with Gasteiger partial charge < -0.3 is 10.1 Å². The number of likely N-dealkylation sites (tertiary alicyclic amines) is 1. The standard InChI is InChI=1S/C20H28N4O/c1-2-10-24(11-3-1)12-13-25-17-4-5-18-19(14-17)22-15-23-20(18)16-6-8-21-9-7-16/h4-5,14-16,21H,1-3,6-13H2. The Kier molecular flexibility index (Phi) is 5.43. The van der Waals surface area contributed by atoms with Crippen LogP contribution < -0.4 is 10.1 Å². The Labute approximate surface area is 149 Å². The molecule has 0 spiro atoms. The minimum absolute atomic E-state index is 0.539. The van der Waals surface area contributed by atoms with Crippen LogP contribution in [0.3, 0.4) is 0 Å². The summed E-state index contributed by atoms with van der Waals surface area (Å²) in [6.45, 7) is 6.35. The van der Waals surface area contributed by atoms with Gasteiger partial charge in [0.25, 0.3) is 0 Å². The van der Waals surface area contributed by atoms with Gasteiger partial charge in [0.15, 0.2) is 0 Å². The zero-order chi connectivity index (χ0) is 16.9. The van der Waals surface area contributed by atoms with Gasteiger partial charge in [0, 0.05) is 23.9 Å². The third-order valence-corrected chi connectivity index (χ3v) is 5.49. The van der Waals surface area contributed by atoms with Gasteiger partial charge in [-0.1, -0.05) is 6.42 Å². The van der Waals surface area contributed by atoms with E-state index >= 15 is 0 Å². The number of rotatable bonds is 5. The zero-order valence-electron chi connectivity index (χ0n) is 14.9. The van der Waals surface area contributed by atoms with Gasteiger partial charge in [-0.05, 0) is 64.0 Å². The lowest BCUT2D eigenvalue weighted by Gasteiger charge is -2.26. The predicted molar refractivity (Wildman–Crippen MR) is 100 cm³/mol. The molecule has 25 heavy (non-hydrogen) atoms. The van der Waals surface area contributed by atoms with E-state index in [9.17, 15) is 0 Å². The Morgan fingerprint density at radius 1 is 1.08 bits per heavy atom. The molecule has 2 aromatic rings. The summed E-state index contributed by atoms with van der Waals surface area (Å²) >= 11 is 0. The molecule has 0 unspecified atom stereocenters. The lowest BCUT2D eigenvalue weighted by Crippen LogP contribution is -2.33. The summed E-state index contributed by atoms with van der Waals surface area (Å²) < 4.78 is 5.99. The summed E-state index contributed by atoms with van der Waals surface area (Å²) in [6, 6.07) is 6.28. The predicted octanol–water partition coefficient (Wildman–Crippen LogP) is 2.96. The minimum Gasteiger partial charge on any atom is -0.492 e. The van der Waals surface area contributed by atoms with Gasteiger partial charge in [0.05, 0.1) is 11.2 Å². The summed E-state index contributed by atoms with van der Waals surface area (Å²) in [5.74, 6) is 1.46. The van der Waals surface area contributed by atoms with E-state index in [2.05, 4.69) is 38.4 Å². The maximum absolute atomic E-state index is 5.99. The van der Waals surface area contributed by atoms with Crippen molar-refractivity contribution in [3.05, 3.63) is 30.2 Å². The average Bonchev–Trinajstić information content (AvgIpc) is 2.69. The molecule has 0 radical (unpaired) electrons. The summed E-state index contributed by atoms with van der Waals surface area (Å²) in [4.78, 5) is 11.6. The highest BCUT2D eigenvalue weighted by Gasteiger charge is 2.19. The molecule has 0 aliphatic carbocycles. The summed E-state index contributed by atoms with van der Waals surface area (Å²) in [5, 5.41) is 4.60. The van der Waals surface area contributed by atoms with E-state index in [4.69, 9.17) is 4.74 Å². The highest BCUT2D eigenvalue weighted by Crippen LogP contribution is 2.30. The van der Waals surface area contributed by atoms with Crippen LogP contribution >= 0.6 is 0 Å². The largest absolute Gasteiger partial charge is 0.492 e. The second-order valence-electron chi connectivity index (χ2n) is 7.21. The van der Waals surface area contributed by atoms with Crippen LogP contribution in [-0.2, 0) is 0 Å². The first kappa shape index (κ1) is 16.7. The van der Waals surface area contributed by atoms with Crippen LogP contribution in [0, 0.1) is 0 Å². The van der Waals surface area contributed by atoms with E-state index in [1.807, 2.05) is 0 Å². The number of hydrogen-bond acceptors (Lipinski definition) is 5. The molecule has 0 bridgehead atoms. The molecule has 1 aromatic carbocycles. The van der Waals surface area contributed by atoms with E-state index in [1.165, 1.54) is 43.4 Å². The SMILES string of the molecule is c1nc(C2CCNCC2)c2ccc(OCCN3CCCCC3)cc2n1. The van der Waals surface area contributed by atoms with E-state index < -0.39 is 0 Å². The molecule has 4 rings (SSSR count). The summed E-state index contributed by atoms with van der Waals surface area (Å²) in [7, 11) is 0. The third kappa shape index (κ3) is 4.10. The van der Waals surface area contributed by atoms with Crippen molar-refractivity contribution in [1.82, 2.24) is 20.2 Å². The first-order chi connectivity index (χ1) is 12.4. The van der Waals surface area contributed by atoms with E-state index in [0.29, 0.717) is 5.92 Å². The highest BCUT2D eigenvalue weighted by atomic mass is 16.5. The number of fused-ring (bicyclic) bond motifs is 1. The fourth-order valence-electron chi connectivity index (χ4n) is 4.04. The maximum Gasteiger partial charge on any atom is 0.121 e. The second-order valence-corrected chi connectivity index (χ2v) is 7.21. The number of piperidine rings is 2. The molecule has 2 aliphatic heterocycles. The third-order valence-electron chi connectivity index (χ3n) is 5.49. The van der Waals surface area contributed by atoms with Gasteiger partial charge in [-0.25, -0.2) is 9.97 Å². The molecular weight excluding hydrogens is 312 g/mol. The summed E-state index contributed by atoms with van der Waals surface area (Å²) in [6.07, 6.45) is 8.04. The number of hydrogen-bond donors (Lipinski definition) is 1.